The molecule has 0 saturated carbocycles. The molecule has 0 aromatic heterocycles. The van der Waals surface area contributed by atoms with Crippen LogP contribution in [0.1, 0.15) is 12.0 Å². The molecular weight excluding hydrogens is 228 g/mol. The maximum atomic E-state index is 13.2. The molecule has 1 N–H and O–H groups in total. The fourth-order valence-electron chi connectivity index (χ4n) is 1.12. The van der Waals surface area contributed by atoms with Crippen LogP contribution in [0, 0.1) is 12.7 Å². The fraction of sp³-hybridized carbons (Fsp3) is 0.400. The lowest BCUT2D eigenvalue weighted by molar-refractivity contribution is -0.139. The Balaban J connectivity index is 2.68. The van der Waals surface area contributed by atoms with Gasteiger partial charge in [-0.25, -0.2) is 4.39 Å². The van der Waals surface area contributed by atoms with E-state index in [0.717, 1.165) is 6.07 Å². The van der Waals surface area contributed by atoms with Crippen LogP contribution >= 0.6 is 0 Å². The summed E-state index contributed by atoms with van der Waals surface area (Å²) >= 11 is 0. The standard InChI is InChI=1S/C10H10F4O2/c1-6-4-7(11)9(8(15)5-6)16-3-2-10(12,13)14/h4-5,15H,2-3H2,1H3. The monoisotopic (exact) mass is 238 g/mol. The van der Waals surface area contributed by atoms with Gasteiger partial charge in [0.15, 0.2) is 17.3 Å². The molecule has 1 rings (SSSR count). The van der Waals surface area contributed by atoms with Crippen LogP contribution in [0.25, 0.3) is 0 Å². The van der Waals surface area contributed by atoms with Gasteiger partial charge in [0.1, 0.15) is 0 Å². The summed E-state index contributed by atoms with van der Waals surface area (Å²) in [6, 6.07) is 2.29. The molecule has 0 radical (unpaired) electrons. The van der Waals surface area contributed by atoms with Crippen molar-refractivity contribution in [1.82, 2.24) is 0 Å². The Morgan fingerprint density at radius 3 is 2.44 bits per heavy atom. The van der Waals surface area contributed by atoms with Crippen molar-refractivity contribution >= 4 is 0 Å². The predicted molar refractivity (Wildman–Crippen MR) is 49.0 cm³/mol. The minimum absolute atomic E-state index is 0.457. The molecule has 0 aliphatic heterocycles. The smallest absolute Gasteiger partial charge is 0.392 e. The summed E-state index contributed by atoms with van der Waals surface area (Å²) in [5.41, 5.74) is 0.457. The molecule has 0 spiro atoms. The molecule has 6 heteroatoms. The summed E-state index contributed by atoms with van der Waals surface area (Å²) in [5, 5.41) is 9.26. The fourth-order valence-corrected chi connectivity index (χ4v) is 1.12. The van der Waals surface area contributed by atoms with E-state index in [-0.39, 0.29) is 0 Å². The molecule has 0 atom stereocenters. The van der Waals surface area contributed by atoms with Crippen molar-refractivity contribution in [1.29, 1.82) is 0 Å². The lowest BCUT2D eigenvalue weighted by atomic mass is 10.2. The Morgan fingerprint density at radius 1 is 1.31 bits per heavy atom. The largest absolute Gasteiger partial charge is 0.504 e. The Hall–Kier alpha value is -1.46. The quantitative estimate of drug-likeness (QED) is 0.819. The van der Waals surface area contributed by atoms with Crippen molar-refractivity contribution in [2.24, 2.45) is 0 Å². The first kappa shape index (κ1) is 12.6. The number of aromatic hydroxyl groups is 1. The number of phenolic OH excluding ortho intramolecular Hbond substituents is 1. The number of alkyl halides is 3. The lowest BCUT2D eigenvalue weighted by Gasteiger charge is -2.11. The van der Waals surface area contributed by atoms with Gasteiger partial charge < -0.3 is 9.84 Å². The van der Waals surface area contributed by atoms with Gasteiger partial charge in [-0.3, -0.25) is 0 Å². The van der Waals surface area contributed by atoms with Gasteiger partial charge in [0.25, 0.3) is 0 Å². The van der Waals surface area contributed by atoms with Crippen LogP contribution in [0.15, 0.2) is 12.1 Å². The summed E-state index contributed by atoms with van der Waals surface area (Å²) in [7, 11) is 0. The summed E-state index contributed by atoms with van der Waals surface area (Å²) < 4.78 is 53.1. The molecule has 16 heavy (non-hydrogen) atoms. The molecule has 0 aliphatic rings. The van der Waals surface area contributed by atoms with Gasteiger partial charge >= 0.3 is 6.18 Å². The van der Waals surface area contributed by atoms with Gasteiger partial charge in [0.05, 0.1) is 13.0 Å². The minimum atomic E-state index is -4.36. The number of rotatable bonds is 3. The molecule has 1 aromatic rings. The molecule has 0 amide bonds. The summed E-state index contributed by atoms with van der Waals surface area (Å²) in [4.78, 5) is 0. The van der Waals surface area contributed by atoms with Gasteiger partial charge in [-0.05, 0) is 24.6 Å². The van der Waals surface area contributed by atoms with Gasteiger partial charge in [0, 0.05) is 0 Å². The lowest BCUT2D eigenvalue weighted by Crippen LogP contribution is -2.13. The predicted octanol–water partition coefficient (Wildman–Crippen LogP) is 3.17. The van der Waals surface area contributed by atoms with E-state index in [1.165, 1.54) is 6.07 Å². The van der Waals surface area contributed by atoms with Crippen molar-refractivity contribution in [3.05, 3.63) is 23.5 Å². The van der Waals surface area contributed by atoms with E-state index in [2.05, 4.69) is 4.74 Å². The zero-order chi connectivity index (χ0) is 12.3. The van der Waals surface area contributed by atoms with Crippen LogP contribution in [0.4, 0.5) is 17.6 Å². The second-order valence-electron chi connectivity index (χ2n) is 3.31. The maximum Gasteiger partial charge on any atom is 0.392 e. The van der Waals surface area contributed by atoms with E-state index in [4.69, 9.17) is 0 Å². The van der Waals surface area contributed by atoms with E-state index in [1.54, 1.807) is 6.92 Å². The van der Waals surface area contributed by atoms with Crippen molar-refractivity contribution in [2.45, 2.75) is 19.5 Å². The van der Waals surface area contributed by atoms with Crippen molar-refractivity contribution in [3.63, 3.8) is 0 Å². The van der Waals surface area contributed by atoms with Crippen LogP contribution in [0.3, 0.4) is 0 Å². The van der Waals surface area contributed by atoms with Crippen LogP contribution in [-0.2, 0) is 0 Å². The summed E-state index contributed by atoms with van der Waals surface area (Å²) in [6.07, 6.45) is -5.56. The normalized spacial score (nSPS) is 11.6. The van der Waals surface area contributed by atoms with Crippen molar-refractivity contribution in [3.8, 4) is 11.5 Å². The molecule has 0 aliphatic carbocycles. The second-order valence-corrected chi connectivity index (χ2v) is 3.31. The molecule has 0 saturated heterocycles. The minimum Gasteiger partial charge on any atom is -0.504 e. The first-order valence-corrected chi connectivity index (χ1v) is 4.48. The summed E-state index contributed by atoms with van der Waals surface area (Å²) in [5.74, 6) is -1.92. The first-order chi connectivity index (χ1) is 7.29. The maximum absolute atomic E-state index is 13.2. The van der Waals surface area contributed by atoms with Crippen molar-refractivity contribution in [2.75, 3.05) is 6.61 Å². The van der Waals surface area contributed by atoms with E-state index in [0.29, 0.717) is 5.56 Å². The average molecular weight is 238 g/mol. The highest BCUT2D eigenvalue weighted by Crippen LogP contribution is 2.31. The summed E-state index contributed by atoms with van der Waals surface area (Å²) in [6.45, 7) is 0.819. The highest BCUT2D eigenvalue weighted by Gasteiger charge is 2.27. The Labute approximate surface area is 89.5 Å². The average Bonchev–Trinajstić information content (AvgIpc) is 2.07. The number of benzene rings is 1. The number of aryl methyl sites for hydroxylation is 1. The first-order valence-electron chi connectivity index (χ1n) is 4.48. The molecule has 2 nitrogen and oxygen atoms in total. The Kier molecular flexibility index (Phi) is 3.62. The van der Waals surface area contributed by atoms with Crippen LogP contribution in [0.2, 0.25) is 0 Å². The third kappa shape index (κ3) is 3.60. The molecule has 0 fully saturated rings. The number of hydrogen-bond acceptors (Lipinski definition) is 2. The second kappa shape index (κ2) is 4.59. The molecule has 90 valence electrons. The number of hydrogen-bond donors (Lipinski definition) is 1. The van der Waals surface area contributed by atoms with Gasteiger partial charge in [-0.15, -0.1) is 0 Å². The highest BCUT2D eigenvalue weighted by atomic mass is 19.4. The van der Waals surface area contributed by atoms with Gasteiger partial charge in [-0.1, -0.05) is 0 Å². The van der Waals surface area contributed by atoms with E-state index in [9.17, 15) is 22.7 Å². The Bertz CT molecular complexity index is 351. The topological polar surface area (TPSA) is 29.5 Å². The third-order valence-corrected chi connectivity index (χ3v) is 1.80. The highest BCUT2D eigenvalue weighted by molar-refractivity contribution is 5.42. The third-order valence-electron chi connectivity index (χ3n) is 1.80. The number of ether oxygens (including phenoxy) is 1. The molecule has 1 aromatic carbocycles. The van der Waals surface area contributed by atoms with Crippen LogP contribution in [0.5, 0.6) is 11.5 Å². The van der Waals surface area contributed by atoms with E-state index < -0.39 is 36.5 Å². The number of phenols is 1. The van der Waals surface area contributed by atoms with Crippen LogP contribution < -0.4 is 4.74 Å². The zero-order valence-corrected chi connectivity index (χ0v) is 8.44. The van der Waals surface area contributed by atoms with E-state index in [1.807, 2.05) is 0 Å². The SMILES string of the molecule is Cc1cc(O)c(OCCC(F)(F)F)c(F)c1. The van der Waals surface area contributed by atoms with E-state index >= 15 is 0 Å². The number of halogens is 4. The van der Waals surface area contributed by atoms with Crippen molar-refractivity contribution < 1.29 is 27.4 Å². The van der Waals surface area contributed by atoms with Crippen LogP contribution in [-0.4, -0.2) is 17.9 Å². The molecule has 0 bridgehead atoms. The Morgan fingerprint density at radius 2 is 1.94 bits per heavy atom. The molecular formula is C10H10F4O2. The molecule has 0 unspecified atom stereocenters. The van der Waals surface area contributed by atoms with Gasteiger partial charge in [0.2, 0.25) is 0 Å². The molecule has 0 heterocycles. The zero-order valence-electron chi connectivity index (χ0n) is 8.44. The van der Waals surface area contributed by atoms with Gasteiger partial charge in [-0.2, -0.15) is 13.2 Å².